The van der Waals surface area contributed by atoms with Crippen molar-refractivity contribution >= 4 is 17.3 Å². The molecule has 0 fully saturated rings. The lowest BCUT2D eigenvalue weighted by Crippen LogP contribution is -2.13. The minimum absolute atomic E-state index is 0.0429. The second-order valence-corrected chi connectivity index (χ2v) is 4.48. The number of para-hydroxylation sites is 2. The first-order chi connectivity index (χ1) is 9.69. The van der Waals surface area contributed by atoms with Crippen molar-refractivity contribution in [2.45, 2.75) is 12.8 Å². The third-order valence-electron chi connectivity index (χ3n) is 3.03. The summed E-state index contributed by atoms with van der Waals surface area (Å²) >= 11 is 0. The van der Waals surface area contributed by atoms with E-state index < -0.39 is 0 Å². The quantitative estimate of drug-likeness (QED) is 0.821. The van der Waals surface area contributed by atoms with Gasteiger partial charge in [-0.1, -0.05) is 24.3 Å². The average Bonchev–Trinajstić information content (AvgIpc) is 2.48. The molecule has 0 saturated heterocycles. The number of methoxy groups -OCH3 is 1. The number of carbonyl (C=O) groups excluding carboxylic acids is 1. The Morgan fingerprint density at radius 3 is 2.50 bits per heavy atom. The van der Waals surface area contributed by atoms with E-state index in [1.165, 1.54) is 0 Å². The number of aryl methyl sites for hydroxylation is 1. The molecule has 0 radical (unpaired) electrons. The number of benzene rings is 2. The third kappa shape index (κ3) is 3.75. The summed E-state index contributed by atoms with van der Waals surface area (Å²) in [6, 6.07) is 14.9. The normalized spacial score (nSPS) is 10.1. The molecule has 1 amide bonds. The van der Waals surface area contributed by atoms with E-state index in [4.69, 9.17) is 10.5 Å². The van der Waals surface area contributed by atoms with Gasteiger partial charge < -0.3 is 15.8 Å². The number of hydrogen-bond acceptors (Lipinski definition) is 3. The van der Waals surface area contributed by atoms with Crippen LogP contribution in [0, 0.1) is 0 Å². The summed E-state index contributed by atoms with van der Waals surface area (Å²) in [5.74, 6) is 0.772. The highest BCUT2D eigenvalue weighted by Gasteiger charge is 2.05. The third-order valence-corrected chi connectivity index (χ3v) is 3.03. The van der Waals surface area contributed by atoms with Crippen LogP contribution in [0.1, 0.15) is 12.0 Å². The molecule has 0 aliphatic rings. The summed E-state index contributed by atoms with van der Waals surface area (Å²) in [7, 11) is 1.63. The molecule has 0 spiro atoms. The smallest absolute Gasteiger partial charge is 0.224 e. The van der Waals surface area contributed by atoms with Gasteiger partial charge in [0.15, 0.2) is 0 Å². The van der Waals surface area contributed by atoms with Gasteiger partial charge in [0.25, 0.3) is 0 Å². The van der Waals surface area contributed by atoms with Crippen molar-refractivity contribution in [1.29, 1.82) is 0 Å². The van der Waals surface area contributed by atoms with Crippen LogP contribution in [0.3, 0.4) is 0 Å². The lowest BCUT2D eigenvalue weighted by molar-refractivity contribution is -0.116. The predicted molar refractivity (Wildman–Crippen MR) is 80.8 cm³/mol. The fourth-order valence-corrected chi connectivity index (χ4v) is 1.87. The number of nitrogens with one attached hydrogen (secondary N) is 1. The Bertz CT molecular complexity index is 579. The van der Waals surface area contributed by atoms with E-state index in [2.05, 4.69) is 5.32 Å². The maximum atomic E-state index is 11.9. The molecule has 0 saturated carbocycles. The summed E-state index contributed by atoms with van der Waals surface area (Å²) in [6.07, 6.45) is 1.10. The molecular formula is C16H18N2O2. The lowest BCUT2D eigenvalue weighted by atomic mass is 10.1. The second-order valence-electron chi connectivity index (χ2n) is 4.48. The zero-order valence-electron chi connectivity index (χ0n) is 11.4. The molecule has 3 N–H and O–H groups in total. The number of hydrogen-bond donors (Lipinski definition) is 2. The van der Waals surface area contributed by atoms with Crippen LogP contribution in [0.15, 0.2) is 48.5 Å². The van der Waals surface area contributed by atoms with Crippen LogP contribution in [0.25, 0.3) is 0 Å². The highest BCUT2D eigenvalue weighted by molar-refractivity contribution is 5.93. The number of carbonyl (C=O) groups is 1. The van der Waals surface area contributed by atoms with Gasteiger partial charge in [-0.3, -0.25) is 4.79 Å². The first-order valence-corrected chi connectivity index (χ1v) is 6.46. The average molecular weight is 270 g/mol. The molecule has 2 aromatic rings. The zero-order valence-corrected chi connectivity index (χ0v) is 11.4. The Hall–Kier alpha value is -2.49. The molecule has 20 heavy (non-hydrogen) atoms. The molecule has 2 rings (SSSR count). The van der Waals surface area contributed by atoms with Gasteiger partial charge in [0.1, 0.15) is 5.75 Å². The van der Waals surface area contributed by atoms with Crippen LogP contribution >= 0.6 is 0 Å². The van der Waals surface area contributed by atoms with E-state index in [0.29, 0.717) is 24.2 Å². The Balaban J connectivity index is 1.87. The number of nitrogen functional groups attached to an aromatic ring is 1. The minimum atomic E-state index is -0.0429. The van der Waals surface area contributed by atoms with Crippen LogP contribution in [0.5, 0.6) is 5.75 Å². The molecule has 0 bridgehead atoms. The molecule has 2 aromatic carbocycles. The SMILES string of the molecule is COc1ccc(CCC(=O)Nc2ccccc2N)cc1. The number of nitrogens with two attached hydrogens (primary N) is 1. The molecule has 0 aliphatic carbocycles. The summed E-state index contributed by atoms with van der Waals surface area (Å²) in [5, 5.41) is 2.81. The number of amides is 1. The molecular weight excluding hydrogens is 252 g/mol. The van der Waals surface area contributed by atoms with Crippen molar-refractivity contribution in [1.82, 2.24) is 0 Å². The van der Waals surface area contributed by atoms with Gasteiger partial charge in [0.05, 0.1) is 18.5 Å². The molecule has 0 unspecified atom stereocenters. The van der Waals surface area contributed by atoms with Crippen molar-refractivity contribution in [2.75, 3.05) is 18.2 Å². The number of rotatable bonds is 5. The van der Waals surface area contributed by atoms with Gasteiger partial charge >= 0.3 is 0 Å². The van der Waals surface area contributed by atoms with Gasteiger partial charge in [-0.05, 0) is 36.2 Å². The van der Waals surface area contributed by atoms with E-state index in [1.54, 1.807) is 19.2 Å². The van der Waals surface area contributed by atoms with Crippen molar-refractivity contribution in [3.05, 3.63) is 54.1 Å². The first-order valence-electron chi connectivity index (χ1n) is 6.46. The molecule has 0 aliphatic heterocycles. The van der Waals surface area contributed by atoms with Crippen molar-refractivity contribution in [3.63, 3.8) is 0 Å². The zero-order chi connectivity index (χ0) is 14.4. The highest BCUT2D eigenvalue weighted by atomic mass is 16.5. The highest BCUT2D eigenvalue weighted by Crippen LogP contribution is 2.17. The molecule has 0 heterocycles. The van der Waals surface area contributed by atoms with Crippen LogP contribution < -0.4 is 15.8 Å². The number of ether oxygens (including phenoxy) is 1. The van der Waals surface area contributed by atoms with E-state index in [-0.39, 0.29) is 5.91 Å². The maximum absolute atomic E-state index is 11.9. The second kappa shape index (κ2) is 6.61. The van der Waals surface area contributed by atoms with Crippen molar-refractivity contribution < 1.29 is 9.53 Å². The first kappa shape index (κ1) is 13.9. The Morgan fingerprint density at radius 2 is 1.85 bits per heavy atom. The van der Waals surface area contributed by atoms with Crippen LogP contribution in [0.2, 0.25) is 0 Å². The minimum Gasteiger partial charge on any atom is -0.497 e. The van der Waals surface area contributed by atoms with E-state index >= 15 is 0 Å². The van der Waals surface area contributed by atoms with Gasteiger partial charge in [-0.15, -0.1) is 0 Å². The van der Waals surface area contributed by atoms with Crippen LogP contribution in [-0.4, -0.2) is 13.0 Å². The fraction of sp³-hybridized carbons (Fsp3) is 0.188. The van der Waals surface area contributed by atoms with Gasteiger partial charge in [0.2, 0.25) is 5.91 Å². The van der Waals surface area contributed by atoms with Crippen LogP contribution in [-0.2, 0) is 11.2 Å². The van der Waals surface area contributed by atoms with Gasteiger partial charge in [-0.25, -0.2) is 0 Å². The monoisotopic (exact) mass is 270 g/mol. The van der Waals surface area contributed by atoms with Gasteiger partial charge in [-0.2, -0.15) is 0 Å². The molecule has 0 aromatic heterocycles. The topological polar surface area (TPSA) is 64.3 Å². The Kier molecular flexibility index (Phi) is 4.60. The Morgan fingerprint density at radius 1 is 1.15 bits per heavy atom. The van der Waals surface area contributed by atoms with E-state index in [0.717, 1.165) is 11.3 Å². The summed E-state index contributed by atoms with van der Waals surface area (Å²) in [4.78, 5) is 11.9. The maximum Gasteiger partial charge on any atom is 0.224 e. The molecule has 0 atom stereocenters. The summed E-state index contributed by atoms with van der Waals surface area (Å²) in [5.41, 5.74) is 8.11. The largest absolute Gasteiger partial charge is 0.497 e. The fourth-order valence-electron chi connectivity index (χ4n) is 1.87. The summed E-state index contributed by atoms with van der Waals surface area (Å²) in [6.45, 7) is 0. The van der Waals surface area contributed by atoms with E-state index in [9.17, 15) is 4.79 Å². The lowest BCUT2D eigenvalue weighted by Gasteiger charge is -2.08. The number of anilines is 2. The van der Waals surface area contributed by atoms with E-state index in [1.807, 2.05) is 36.4 Å². The molecule has 104 valence electrons. The predicted octanol–water partition coefficient (Wildman–Crippen LogP) is 2.85. The van der Waals surface area contributed by atoms with Crippen LogP contribution in [0.4, 0.5) is 11.4 Å². The standard InChI is InChI=1S/C16H18N2O2/c1-20-13-9-6-12(7-10-13)8-11-16(19)18-15-5-3-2-4-14(15)17/h2-7,9-10H,8,11,17H2,1H3,(H,18,19). The summed E-state index contributed by atoms with van der Waals surface area (Å²) < 4.78 is 5.09. The Labute approximate surface area is 118 Å². The molecule has 4 nitrogen and oxygen atoms in total. The van der Waals surface area contributed by atoms with Gasteiger partial charge in [0, 0.05) is 6.42 Å². The van der Waals surface area contributed by atoms with Crippen molar-refractivity contribution in [2.24, 2.45) is 0 Å². The molecule has 4 heteroatoms. The van der Waals surface area contributed by atoms with Crippen molar-refractivity contribution in [3.8, 4) is 5.75 Å².